The van der Waals surface area contributed by atoms with Crippen molar-refractivity contribution in [3.8, 4) is 0 Å². The first kappa shape index (κ1) is 11.8. The Morgan fingerprint density at radius 3 is 2.84 bits per heavy atom. The Bertz CT molecular complexity index is 614. The van der Waals surface area contributed by atoms with Crippen molar-refractivity contribution >= 4 is 17.4 Å². The lowest BCUT2D eigenvalue weighted by molar-refractivity contribution is -0.141. The van der Waals surface area contributed by atoms with Crippen LogP contribution in [0.1, 0.15) is 16.8 Å². The average Bonchev–Trinajstić information content (AvgIpc) is 3.04. The van der Waals surface area contributed by atoms with Crippen LogP contribution in [-0.2, 0) is 4.79 Å². The second kappa shape index (κ2) is 4.42. The van der Waals surface area contributed by atoms with Crippen molar-refractivity contribution in [3.05, 3.63) is 42.2 Å². The minimum atomic E-state index is -0.822. The van der Waals surface area contributed by atoms with Crippen molar-refractivity contribution in [2.75, 3.05) is 13.1 Å². The first-order valence-electron chi connectivity index (χ1n) is 6.24. The molecule has 0 bridgehead atoms. The predicted octanol–water partition coefficient (Wildman–Crippen LogP) is 1.49. The van der Waals surface area contributed by atoms with Gasteiger partial charge in [0.25, 0.3) is 5.91 Å². The molecule has 2 aromatic heterocycles. The number of hydrogen-bond acceptors (Lipinski definition) is 2. The Balaban J connectivity index is 1.82. The van der Waals surface area contributed by atoms with E-state index >= 15 is 0 Å². The van der Waals surface area contributed by atoms with E-state index in [9.17, 15) is 9.59 Å². The van der Waals surface area contributed by atoms with E-state index < -0.39 is 11.9 Å². The highest BCUT2D eigenvalue weighted by atomic mass is 16.4. The zero-order valence-electron chi connectivity index (χ0n) is 10.3. The third-order valence-electron chi connectivity index (χ3n) is 3.58. The largest absolute Gasteiger partial charge is 0.481 e. The zero-order valence-corrected chi connectivity index (χ0v) is 10.3. The van der Waals surface area contributed by atoms with Crippen LogP contribution in [0, 0.1) is 5.92 Å². The molecule has 2 aromatic rings. The lowest BCUT2D eigenvalue weighted by atomic mass is 10.1. The molecule has 5 heteroatoms. The molecule has 3 rings (SSSR count). The minimum Gasteiger partial charge on any atom is -0.481 e. The summed E-state index contributed by atoms with van der Waals surface area (Å²) in [4.78, 5) is 24.8. The number of carbonyl (C=O) groups is 2. The molecule has 0 aromatic carbocycles. The Kier molecular flexibility index (Phi) is 2.74. The van der Waals surface area contributed by atoms with Gasteiger partial charge >= 0.3 is 5.97 Å². The van der Waals surface area contributed by atoms with E-state index in [1.807, 2.05) is 34.9 Å². The molecular weight excluding hydrogens is 244 g/mol. The van der Waals surface area contributed by atoms with Crippen LogP contribution in [0.25, 0.3) is 5.52 Å². The summed E-state index contributed by atoms with van der Waals surface area (Å²) in [6.45, 7) is 0.822. The van der Waals surface area contributed by atoms with Gasteiger partial charge in [-0.3, -0.25) is 9.59 Å². The molecule has 1 aliphatic rings. The van der Waals surface area contributed by atoms with Gasteiger partial charge in [0.1, 0.15) is 0 Å². The Hall–Kier alpha value is -2.30. The number of pyridine rings is 1. The first-order chi connectivity index (χ1) is 9.15. The number of nitrogens with zero attached hydrogens (tertiary/aromatic N) is 2. The van der Waals surface area contributed by atoms with Crippen molar-refractivity contribution in [2.45, 2.75) is 6.42 Å². The van der Waals surface area contributed by atoms with Crippen LogP contribution >= 0.6 is 0 Å². The Morgan fingerprint density at radius 1 is 1.32 bits per heavy atom. The molecule has 1 N–H and O–H groups in total. The summed E-state index contributed by atoms with van der Waals surface area (Å²) < 4.78 is 1.89. The van der Waals surface area contributed by atoms with Gasteiger partial charge in [-0.15, -0.1) is 0 Å². The normalized spacial score (nSPS) is 18.9. The third-order valence-corrected chi connectivity index (χ3v) is 3.58. The second-order valence-corrected chi connectivity index (χ2v) is 4.84. The fourth-order valence-corrected chi connectivity index (χ4v) is 2.50. The van der Waals surface area contributed by atoms with Crippen LogP contribution in [0.15, 0.2) is 36.7 Å². The number of carboxylic acids is 1. The maximum absolute atomic E-state index is 12.3. The number of carboxylic acid groups (broad SMARTS) is 1. The van der Waals surface area contributed by atoms with E-state index in [0.29, 0.717) is 25.1 Å². The third kappa shape index (κ3) is 2.07. The van der Waals surface area contributed by atoms with Gasteiger partial charge in [0.05, 0.1) is 11.5 Å². The standard InChI is InChI=1S/C14H14N2O3/c17-13(16-6-4-10(8-16)14(18)19)11-7-12-3-1-2-5-15(12)9-11/h1-3,5,7,9-10H,4,6,8H2,(H,18,19). The number of aliphatic carboxylic acids is 1. The molecule has 19 heavy (non-hydrogen) atoms. The van der Waals surface area contributed by atoms with Crippen molar-refractivity contribution < 1.29 is 14.7 Å². The zero-order chi connectivity index (χ0) is 13.4. The van der Waals surface area contributed by atoms with Crippen LogP contribution in [0.2, 0.25) is 0 Å². The summed E-state index contributed by atoms with van der Waals surface area (Å²) in [6, 6.07) is 7.58. The highest BCUT2D eigenvalue weighted by molar-refractivity contribution is 5.96. The van der Waals surface area contributed by atoms with Crippen molar-refractivity contribution in [3.63, 3.8) is 0 Å². The van der Waals surface area contributed by atoms with Gasteiger partial charge in [-0.2, -0.15) is 0 Å². The van der Waals surface area contributed by atoms with Crippen LogP contribution in [0.5, 0.6) is 0 Å². The molecule has 1 atom stereocenters. The van der Waals surface area contributed by atoms with Gasteiger partial charge in [0.2, 0.25) is 0 Å². The number of amides is 1. The minimum absolute atomic E-state index is 0.0903. The molecule has 5 nitrogen and oxygen atoms in total. The fraction of sp³-hybridized carbons (Fsp3) is 0.286. The van der Waals surface area contributed by atoms with Gasteiger partial charge in [-0.05, 0) is 24.6 Å². The smallest absolute Gasteiger partial charge is 0.308 e. The van der Waals surface area contributed by atoms with E-state index in [0.717, 1.165) is 5.52 Å². The van der Waals surface area contributed by atoms with Crippen LogP contribution in [0.4, 0.5) is 0 Å². The maximum atomic E-state index is 12.3. The number of carbonyl (C=O) groups excluding carboxylic acids is 1. The SMILES string of the molecule is O=C(O)C1CCN(C(=O)c2cc3ccccn3c2)C1. The lowest BCUT2D eigenvalue weighted by Crippen LogP contribution is -2.29. The van der Waals surface area contributed by atoms with Gasteiger partial charge in [-0.1, -0.05) is 6.07 Å². The van der Waals surface area contributed by atoms with Crippen molar-refractivity contribution in [1.29, 1.82) is 0 Å². The number of rotatable bonds is 2. The Morgan fingerprint density at radius 2 is 2.16 bits per heavy atom. The predicted molar refractivity (Wildman–Crippen MR) is 69.0 cm³/mol. The molecule has 1 aliphatic heterocycles. The summed E-state index contributed by atoms with van der Waals surface area (Å²) in [7, 11) is 0. The lowest BCUT2D eigenvalue weighted by Gasteiger charge is -2.14. The summed E-state index contributed by atoms with van der Waals surface area (Å²) >= 11 is 0. The number of fused-ring (bicyclic) bond motifs is 1. The molecule has 0 saturated carbocycles. The van der Waals surface area contributed by atoms with Crippen molar-refractivity contribution in [1.82, 2.24) is 9.30 Å². The van der Waals surface area contributed by atoms with Crippen LogP contribution in [0.3, 0.4) is 0 Å². The van der Waals surface area contributed by atoms with Crippen LogP contribution in [-0.4, -0.2) is 39.4 Å². The molecule has 0 radical (unpaired) electrons. The molecular formula is C14H14N2O3. The topological polar surface area (TPSA) is 62.0 Å². The molecule has 1 fully saturated rings. The maximum Gasteiger partial charge on any atom is 0.308 e. The van der Waals surface area contributed by atoms with Crippen molar-refractivity contribution in [2.24, 2.45) is 5.92 Å². The molecule has 0 aliphatic carbocycles. The number of likely N-dealkylation sites (tertiary alicyclic amines) is 1. The van der Waals surface area contributed by atoms with Crippen LogP contribution < -0.4 is 0 Å². The van der Waals surface area contributed by atoms with Gasteiger partial charge < -0.3 is 14.4 Å². The van der Waals surface area contributed by atoms with E-state index in [1.165, 1.54) is 0 Å². The quantitative estimate of drug-likeness (QED) is 0.887. The van der Waals surface area contributed by atoms with E-state index in [-0.39, 0.29) is 5.91 Å². The average molecular weight is 258 g/mol. The summed E-state index contributed by atoms with van der Waals surface area (Å²) in [5, 5.41) is 8.96. The molecule has 3 heterocycles. The summed E-state index contributed by atoms with van der Waals surface area (Å²) in [6.07, 6.45) is 4.20. The fourth-order valence-electron chi connectivity index (χ4n) is 2.50. The highest BCUT2D eigenvalue weighted by Crippen LogP contribution is 2.20. The molecule has 1 unspecified atom stereocenters. The summed E-state index contributed by atoms with van der Waals surface area (Å²) in [5.74, 6) is -1.34. The summed E-state index contributed by atoms with van der Waals surface area (Å²) in [5.41, 5.74) is 1.57. The van der Waals surface area contributed by atoms with E-state index in [2.05, 4.69) is 0 Å². The monoisotopic (exact) mass is 258 g/mol. The van der Waals surface area contributed by atoms with Gasteiger partial charge in [0.15, 0.2) is 0 Å². The van der Waals surface area contributed by atoms with Gasteiger partial charge in [0, 0.05) is 31.0 Å². The molecule has 98 valence electrons. The highest BCUT2D eigenvalue weighted by Gasteiger charge is 2.31. The number of aromatic nitrogens is 1. The molecule has 0 spiro atoms. The first-order valence-corrected chi connectivity index (χ1v) is 6.24. The van der Waals surface area contributed by atoms with E-state index in [4.69, 9.17) is 5.11 Å². The number of hydrogen-bond donors (Lipinski definition) is 1. The Labute approximate surface area is 110 Å². The molecule has 1 saturated heterocycles. The van der Waals surface area contributed by atoms with E-state index in [1.54, 1.807) is 11.1 Å². The second-order valence-electron chi connectivity index (χ2n) is 4.84. The molecule has 1 amide bonds. The van der Waals surface area contributed by atoms with Gasteiger partial charge in [-0.25, -0.2) is 0 Å².